The topological polar surface area (TPSA) is 98.3 Å². The highest BCUT2D eigenvalue weighted by atomic mass is 16.6. The van der Waals surface area contributed by atoms with Crippen molar-refractivity contribution in [2.24, 2.45) is 0 Å². The Morgan fingerprint density at radius 2 is 1.72 bits per heavy atom. The Kier molecular flexibility index (Phi) is 4.86. The van der Waals surface area contributed by atoms with E-state index in [9.17, 15) is 14.9 Å². The summed E-state index contributed by atoms with van der Waals surface area (Å²) in [5.41, 5.74) is 3.40. The van der Waals surface area contributed by atoms with Crippen molar-refractivity contribution in [3.05, 3.63) is 99.6 Å². The maximum Gasteiger partial charge on any atom is 0.302 e. The molecule has 4 aromatic rings. The van der Waals surface area contributed by atoms with Crippen molar-refractivity contribution in [1.29, 1.82) is 0 Å². The summed E-state index contributed by atoms with van der Waals surface area (Å²) in [5.74, 6) is -0.331. The average Bonchev–Trinajstić information content (AvgIpc) is 3.15. The fourth-order valence-corrected chi connectivity index (χ4v) is 2.78. The smallest absolute Gasteiger partial charge is 0.302 e. The molecule has 0 saturated heterocycles. The summed E-state index contributed by atoms with van der Waals surface area (Å²) in [6, 6.07) is 20.7. The van der Waals surface area contributed by atoms with Gasteiger partial charge in [0.15, 0.2) is 5.58 Å². The molecule has 1 aromatic heterocycles. The van der Waals surface area contributed by atoms with Gasteiger partial charge in [-0.05, 0) is 47.5 Å². The molecule has 4 rings (SSSR count). The van der Waals surface area contributed by atoms with E-state index in [0.717, 1.165) is 11.1 Å². The Morgan fingerprint density at radius 1 is 0.966 bits per heavy atom. The second-order valence-electron chi connectivity index (χ2n) is 6.25. The van der Waals surface area contributed by atoms with Crippen LogP contribution in [0.25, 0.3) is 23.3 Å². The number of aromatic nitrogens is 1. The monoisotopic (exact) mass is 385 g/mol. The first-order valence-corrected chi connectivity index (χ1v) is 8.78. The molecule has 0 aliphatic carbocycles. The third-order valence-corrected chi connectivity index (χ3v) is 4.24. The maximum atomic E-state index is 12.5. The van der Waals surface area contributed by atoms with E-state index in [4.69, 9.17) is 4.42 Å². The Hall–Kier alpha value is -4.26. The fourth-order valence-electron chi connectivity index (χ4n) is 2.78. The highest BCUT2D eigenvalue weighted by Crippen LogP contribution is 2.19. The number of benzene rings is 3. The molecule has 1 amide bonds. The third-order valence-electron chi connectivity index (χ3n) is 4.24. The number of nitrogens with zero attached hydrogens (tertiary/aromatic N) is 2. The zero-order valence-corrected chi connectivity index (χ0v) is 15.1. The summed E-state index contributed by atoms with van der Waals surface area (Å²) in [6.45, 7) is 0. The normalized spacial score (nSPS) is 11.0. The number of anilines is 1. The molecule has 142 valence electrons. The summed E-state index contributed by atoms with van der Waals surface area (Å²) in [7, 11) is 0. The number of oxazole rings is 1. The number of carbonyl (C=O) groups excluding carboxylic acids is 1. The minimum absolute atomic E-state index is 0.0417. The van der Waals surface area contributed by atoms with Gasteiger partial charge >= 0.3 is 6.01 Å². The number of nitro benzene ring substituents is 1. The Morgan fingerprint density at radius 3 is 2.48 bits per heavy atom. The molecule has 0 radical (unpaired) electrons. The molecule has 0 aliphatic heterocycles. The number of carbonyl (C=O) groups is 1. The maximum absolute atomic E-state index is 12.5. The molecule has 0 aliphatic rings. The van der Waals surface area contributed by atoms with E-state index in [2.05, 4.69) is 10.3 Å². The fraction of sp³-hybridized carbons (Fsp3) is 0. The molecule has 1 heterocycles. The molecule has 7 nitrogen and oxygen atoms in total. The number of nitrogens with one attached hydrogen (secondary N) is 1. The summed E-state index contributed by atoms with van der Waals surface area (Å²) in [6.07, 6.45) is 3.65. The Bertz CT molecular complexity index is 1190. The molecule has 0 unspecified atom stereocenters. The lowest BCUT2D eigenvalue weighted by molar-refractivity contribution is -0.384. The van der Waals surface area contributed by atoms with Crippen LogP contribution in [0.2, 0.25) is 0 Å². The first kappa shape index (κ1) is 18.1. The number of non-ortho nitro benzene ring substituents is 1. The lowest BCUT2D eigenvalue weighted by Gasteiger charge is -2.02. The largest absolute Gasteiger partial charge is 0.423 e. The van der Waals surface area contributed by atoms with Gasteiger partial charge in [0.2, 0.25) is 0 Å². The van der Waals surface area contributed by atoms with Crippen molar-refractivity contribution in [2.75, 3.05) is 5.32 Å². The number of hydrogen-bond acceptors (Lipinski definition) is 5. The second-order valence-corrected chi connectivity index (χ2v) is 6.25. The first-order chi connectivity index (χ1) is 14.1. The van der Waals surface area contributed by atoms with Crippen molar-refractivity contribution in [3.8, 4) is 0 Å². The van der Waals surface area contributed by atoms with E-state index in [0.29, 0.717) is 16.7 Å². The summed E-state index contributed by atoms with van der Waals surface area (Å²) >= 11 is 0. The van der Waals surface area contributed by atoms with Gasteiger partial charge in [0.25, 0.3) is 11.6 Å². The van der Waals surface area contributed by atoms with Crippen LogP contribution >= 0.6 is 0 Å². The molecule has 0 spiro atoms. The van der Waals surface area contributed by atoms with E-state index in [1.54, 1.807) is 42.5 Å². The van der Waals surface area contributed by atoms with Gasteiger partial charge in [-0.2, -0.15) is 4.98 Å². The van der Waals surface area contributed by atoms with Crippen LogP contribution in [-0.4, -0.2) is 15.8 Å². The van der Waals surface area contributed by atoms with E-state index < -0.39 is 4.92 Å². The van der Waals surface area contributed by atoms with Crippen LogP contribution in [0.3, 0.4) is 0 Å². The molecule has 0 saturated carbocycles. The van der Waals surface area contributed by atoms with Gasteiger partial charge < -0.3 is 4.42 Å². The van der Waals surface area contributed by atoms with E-state index in [-0.39, 0.29) is 17.6 Å². The molecule has 7 heteroatoms. The number of amides is 1. The van der Waals surface area contributed by atoms with E-state index in [1.807, 2.05) is 30.4 Å². The van der Waals surface area contributed by atoms with Crippen LogP contribution in [0.4, 0.5) is 11.7 Å². The average molecular weight is 385 g/mol. The second kappa shape index (κ2) is 7.77. The van der Waals surface area contributed by atoms with E-state index in [1.165, 1.54) is 12.1 Å². The Balaban J connectivity index is 1.48. The SMILES string of the molecule is O=C(Nc1nc2ccccc2o1)c1cccc(/C=C\c2ccc([N+](=O)[O-])cc2)c1. The van der Waals surface area contributed by atoms with Crippen molar-refractivity contribution >= 4 is 40.9 Å². The van der Waals surface area contributed by atoms with Crippen LogP contribution in [0.15, 0.2) is 77.2 Å². The van der Waals surface area contributed by atoms with Gasteiger partial charge in [0.1, 0.15) is 5.52 Å². The quantitative estimate of drug-likeness (QED) is 0.291. The van der Waals surface area contributed by atoms with Crippen molar-refractivity contribution in [2.45, 2.75) is 0 Å². The molecule has 0 bridgehead atoms. The number of rotatable bonds is 5. The molecule has 29 heavy (non-hydrogen) atoms. The van der Waals surface area contributed by atoms with Gasteiger partial charge in [-0.25, -0.2) is 0 Å². The predicted octanol–water partition coefficient (Wildman–Crippen LogP) is 5.16. The van der Waals surface area contributed by atoms with Crippen LogP contribution < -0.4 is 5.32 Å². The Labute approximate surface area is 165 Å². The van der Waals surface area contributed by atoms with Crippen LogP contribution in [0.5, 0.6) is 0 Å². The minimum Gasteiger partial charge on any atom is -0.423 e. The van der Waals surface area contributed by atoms with Crippen LogP contribution in [0, 0.1) is 10.1 Å². The highest BCUT2D eigenvalue weighted by Gasteiger charge is 2.11. The summed E-state index contributed by atoms with van der Waals surface area (Å²) < 4.78 is 5.52. The number of nitro groups is 1. The molecule has 3 aromatic carbocycles. The standard InChI is InChI=1S/C22H15N3O4/c26-21(24-22-23-19-6-1-2-7-20(19)29-22)17-5-3-4-16(14-17)9-8-15-10-12-18(13-11-15)25(27)28/h1-14H,(H,23,24,26)/b9-8-. The van der Waals surface area contributed by atoms with Crippen LogP contribution in [0.1, 0.15) is 21.5 Å². The van der Waals surface area contributed by atoms with Crippen LogP contribution in [-0.2, 0) is 0 Å². The van der Waals surface area contributed by atoms with E-state index >= 15 is 0 Å². The van der Waals surface area contributed by atoms with Gasteiger partial charge in [-0.1, -0.05) is 36.4 Å². The van der Waals surface area contributed by atoms with Gasteiger partial charge in [-0.15, -0.1) is 0 Å². The first-order valence-electron chi connectivity index (χ1n) is 8.78. The van der Waals surface area contributed by atoms with Gasteiger partial charge in [-0.3, -0.25) is 20.2 Å². The van der Waals surface area contributed by atoms with Crippen molar-refractivity contribution < 1.29 is 14.1 Å². The lowest BCUT2D eigenvalue weighted by atomic mass is 10.1. The molecular weight excluding hydrogens is 370 g/mol. The van der Waals surface area contributed by atoms with Crippen molar-refractivity contribution in [1.82, 2.24) is 4.98 Å². The number of hydrogen-bond donors (Lipinski definition) is 1. The minimum atomic E-state index is -0.438. The molecular formula is C22H15N3O4. The number of fused-ring (bicyclic) bond motifs is 1. The lowest BCUT2D eigenvalue weighted by Crippen LogP contribution is -2.12. The van der Waals surface area contributed by atoms with Crippen molar-refractivity contribution in [3.63, 3.8) is 0 Å². The number of para-hydroxylation sites is 2. The van der Waals surface area contributed by atoms with Gasteiger partial charge in [0, 0.05) is 17.7 Å². The summed E-state index contributed by atoms with van der Waals surface area (Å²) in [4.78, 5) is 27.0. The summed E-state index contributed by atoms with van der Waals surface area (Å²) in [5, 5.41) is 13.4. The van der Waals surface area contributed by atoms with Gasteiger partial charge in [0.05, 0.1) is 4.92 Å². The molecule has 0 atom stereocenters. The highest BCUT2D eigenvalue weighted by molar-refractivity contribution is 6.04. The molecule has 0 fully saturated rings. The zero-order chi connectivity index (χ0) is 20.2. The zero-order valence-electron chi connectivity index (χ0n) is 15.1. The predicted molar refractivity (Wildman–Crippen MR) is 110 cm³/mol. The molecule has 1 N–H and O–H groups in total. The third kappa shape index (κ3) is 4.19.